The molecule has 0 radical (unpaired) electrons. The molecule has 0 bridgehead atoms. The van der Waals surface area contributed by atoms with Crippen LogP contribution in [-0.4, -0.2) is 15.9 Å². The Morgan fingerprint density at radius 1 is 1.14 bits per heavy atom. The molecule has 5 heteroatoms. The minimum absolute atomic E-state index is 0.0223. The van der Waals surface area contributed by atoms with Gasteiger partial charge in [-0.25, -0.2) is 4.39 Å². The number of hydrogen-bond donors (Lipinski definition) is 0. The van der Waals surface area contributed by atoms with Crippen molar-refractivity contribution in [3.8, 4) is 22.6 Å². The summed E-state index contributed by atoms with van der Waals surface area (Å²) >= 11 is 0. The van der Waals surface area contributed by atoms with E-state index in [-0.39, 0.29) is 5.78 Å². The molecule has 0 N–H and O–H groups in total. The first-order valence-corrected chi connectivity index (χ1v) is 6.32. The number of aromatic nitrogens is 2. The molecule has 0 spiro atoms. The molecular weight excluding hydrogens is 271 g/mol. The van der Waals surface area contributed by atoms with Crippen LogP contribution in [0.5, 0.6) is 0 Å². The van der Waals surface area contributed by atoms with Crippen molar-refractivity contribution >= 4 is 5.78 Å². The van der Waals surface area contributed by atoms with E-state index >= 15 is 0 Å². The summed E-state index contributed by atoms with van der Waals surface area (Å²) in [5.74, 6) is 0.0545. The van der Waals surface area contributed by atoms with Crippen molar-refractivity contribution in [1.82, 2.24) is 10.1 Å². The van der Waals surface area contributed by atoms with E-state index < -0.39 is 5.82 Å². The second-order valence-corrected chi connectivity index (χ2v) is 4.61. The highest BCUT2D eigenvalue weighted by Crippen LogP contribution is 2.26. The summed E-state index contributed by atoms with van der Waals surface area (Å²) in [6.45, 7) is 1.50. The van der Waals surface area contributed by atoms with E-state index in [2.05, 4.69) is 10.1 Å². The Morgan fingerprint density at radius 3 is 2.76 bits per heavy atom. The number of hydrogen-bond acceptors (Lipinski definition) is 4. The molecule has 0 aliphatic carbocycles. The lowest BCUT2D eigenvalue weighted by Crippen LogP contribution is -1.91. The fraction of sp³-hybridized carbons (Fsp3) is 0.0625. The predicted molar refractivity (Wildman–Crippen MR) is 75.1 cm³/mol. The highest BCUT2D eigenvalue weighted by molar-refractivity contribution is 5.95. The Hall–Kier alpha value is -2.82. The minimum Gasteiger partial charge on any atom is -0.356 e. The molecule has 4 nitrogen and oxygen atoms in total. The van der Waals surface area contributed by atoms with Gasteiger partial charge in [-0.1, -0.05) is 23.4 Å². The molecule has 0 unspecified atom stereocenters. The number of carbonyl (C=O) groups is 1. The molecule has 1 aromatic carbocycles. The first kappa shape index (κ1) is 13.2. The second kappa shape index (κ2) is 5.28. The van der Waals surface area contributed by atoms with Crippen LogP contribution < -0.4 is 0 Å². The number of pyridine rings is 1. The Bertz CT molecular complexity index is 811. The van der Waals surface area contributed by atoms with Gasteiger partial charge in [-0.05, 0) is 19.1 Å². The molecule has 2 aromatic heterocycles. The number of rotatable bonds is 3. The summed E-state index contributed by atoms with van der Waals surface area (Å²) in [5.41, 5.74) is 2.36. The van der Waals surface area contributed by atoms with Crippen LogP contribution in [0.25, 0.3) is 22.6 Å². The van der Waals surface area contributed by atoms with Gasteiger partial charge in [-0.3, -0.25) is 9.78 Å². The van der Waals surface area contributed by atoms with E-state index in [9.17, 15) is 9.18 Å². The number of halogens is 1. The Labute approximate surface area is 120 Å². The first-order valence-electron chi connectivity index (χ1n) is 6.32. The maximum atomic E-state index is 13.2. The zero-order valence-electron chi connectivity index (χ0n) is 11.2. The van der Waals surface area contributed by atoms with E-state index in [4.69, 9.17) is 4.52 Å². The summed E-state index contributed by atoms with van der Waals surface area (Å²) in [4.78, 5) is 15.2. The zero-order chi connectivity index (χ0) is 14.8. The zero-order valence-corrected chi connectivity index (χ0v) is 11.2. The molecule has 3 rings (SSSR count). The Balaban J connectivity index is 1.98. The summed E-state index contributed by atoms with van der Waals surface area (Å²) in [6, 6.07) is 10.1. The predicted octanol–water partition coefficient (Wildman–Crippen LogP) is 3.75. The molecule has 0 aliphatic heterocycles. The smallest absolute Gasteiger partial charge is 0.167 e. The molecule has 104 valence electrons. The number of Topliss-reactive ketones (excluding diaryl/α,β-unsaturated/α-hetero) is 1. The number of carbonyl (C=O) groups excluding carboxylic acids is 1. The lowest BCUT2D eigenvalue weighted by molar-refractivity contribution is 0.101. The van der Waals surface area contributed by atoms with E-state index in [1.54, 1.807) is 24.3 Å². The van der Waals surface area contributed by atoms with E-state index in [1.165, 1.54) is 19.2 Å². The van der Waals surface area contributed by atoms with Crippen molar-refractivity contribution < 1.29 is 13.7 Å². The maximum Gasteiger partial charge on any atom is 0.167 e. The summed E-state index contributed by atoms with van der Waals surface area (Å²) in [5, 5.41) is 3.91. The van der Waals surface area contributed by atoms with Gasteiger partial charge in [0.1, 0.15) is 11.5 Å². The third kappa shape index (κ3) is 2.72. The van der Waals surface area contributed by atoms with Crippen molar-refractivity contribution in [1.29, 1.82) is 0 Å². The van der Waals surface area contributed by atoms with Gasteiger partial charge in [0.15, 0.2) is 11.5 Å². The molecular formula is C16H11FN2O2. The summed E-state index contributed by atoms with van der Waals surface area (Å²) in [6.07, 6.45) is 2.64. The highest BCUT2D eigenvalue weighted by atomic mass is 19.1. The number of ketones is 1. The Kier molecular flexibility index (Phi) is 3.31. The fourth-order valence-electron chi connectivity index (χ4n) is 1.99. The molecule has 0 fully saturated rings. The van der Waals surface area contributed by atoms with Crippen molar-refractivity contribution in [3.63, 3.8) is 0 Å². The molecule has 0 saturated heterocycles. The van der Waals surface area contributed by atoms with Crippen molar-refractivity contribution in [2.45, 2.75) is 6.92 Å². The fourth-order valence-corrected chi connectivity index (χ4v) is 1.99. The van der Waals surface area contributed by atoms with Crippen LogP contribution in [0.1, 0.15) is 17.3 Å². The lowest BCUT2D eigenvalue weighted by Gasteiger charge is -1.98. The average Bonchev–Trinajstić information content (AvgIpc) is 2.97. The molecule has 2 heterocycles. The van der Waals surface area contributed by atoms with Crippen molar-refractivity contribution in [3.05, 3.63) is 60.2 Å². The van der Waals surface area contributed by atoms with Crippen LogP contribution in [0, 0.1) is 5.82 Å². The van der Waals surface area contributed by atoms with Crippen LogP contribution in [0.2, 0.25) is 0 Å². The third-order valence-corrected chi connectivity index (χ3v) is 3.06. The van der Waals surface area contributed by atoms with Crippen LogP contribution >= 0.6 is 0 Å². The highest BCUT2D eigenvalue weighted by Gasteiger charge is 2.11. The maximum absolute atomic E-state index is 13.2. The van der Waals surface area contributed by atoms with Gasteiger partial charge in [0.05, 0.1) is 6.20 Å². The van der Waals surface area contributed by atoms with Crippen LogP contribution in [0.4, 0.5) is 4.39 Å². The second-order valence-electron chi connectivity index (χ2n) is 4.61. The summed E-state index contributed by atoms with van der Waals surface area (Å²) in [7, 11) is 0. The Morgan fingerprint density at radius 2 is 2.00 bits per heavy atom. The average molecular weight is 282 g/mol. The van der Waals surface area contributed by atoms with E-state index in [0.29, 0.717) is 22.6 Å². The topological polar surface area (TPSA) is 56.0 Å². The van der Waals surface area contributed by atoms with Gasteiger partial charge in [0.25, 0.3) is 0 Å². The van der Waals surface area contributed by atoms with Crippen molar-refractivity contribution in [2.24, 2.45) is 0 Å². The third-order valence-electron chi connectivity index (χ3n) is 3.06. The molecule has 0 saturated carbocycles. The molecule has 3 aromatic rings. The van der Waals surface area contributed by atoms with E-state index in [0.717, 1.165) is 11.8 Å². The molecule has 0 amide bonds. The standard InChI is InChI=1S/C16H11FN2O2/c1-10(20)11-3-2-4-12(5-11)16-7-15(19-21-16)13-6-14(17)9-18-8-13/h2-9H,1H3. The van der Waals surface area contributed by atoms with Crippen molar-refractivity contribution in [2.75, 3.05) is 0 Å². The van der Waals surface area contributed by atoms with Crippen LogP contribution in [0.3, 0.4) is 0 Å². The van der Waals surface area contributed by atoms with Crippen LogP contribution in [-0.2, 0) is 0 Å². The van der Waals surface area contributed by atoms with Crippen LogP contribution in [0.15, 0.2) is 53.3 Å². The molecule has 0 atom stereocenters. The van der Waals surface area contributed by atoms with E-state index in [1.807, 2.05) is 6.07 Å². The molecule has 0 aliphatic rings. The monoisotopic (exact) mass is 282 g/mol. The van der Waals surface area contributed by atoms with Gasteiger partial charge in [0.2, 0.25) is 0 Å². The molecule has 21 heavy (non-hydrogen) atoms. The first-order chi connectivity index (χ1) is 10.1. The lowest BCUT2D eigenvalue weighted by atomic mass is 10.1. The minimum atomic E-state index is -0.435. The van der Waals surface area contributed by atoms with Gasteiger partial charge >= 0.3 is 0 Å². The van der Waals surface area contributed by atoms with Gasteiger partial charge < -0.3 is 4.52 Å². The largest absolute Gasteiger partial charge is 0.356 e. The van der Waals surface area contributed by atoms with Gasteiger partial charge in [0, 0.05) is 29.0 Å². The van der Waals surface area contributed by atoms with Gasteiger partial charge in [-0.15, -0.1) is 0 Å². The quantitative estimate of drug-likeness (QED) is 0.686. The summed E-state index contributed by atoms with van der Waals surface area (Å²) < 4.78 is 18.4. The SMILES string of the molecule is CC(=O)c1cccc(-c2cc(-c3cncc(F)c3)no2)c1. The number of nitrogens with zero attached hydrogens (tertiary/aromatic N) is 2. The normalized spacial score (nSPS) is 10.6. The number of benzene rings is 1. The van der Waals surface area contributed by atoms with Gasteiger partial charge in [-0.2, -0.15) is 0 Å².